The van der Waals surface area contributed by atoms with Gasteiger partial charge >= 0.3 is 0 Å². The third-order valence-corrected chi connectivity index (χ3v) is 2.49. The second kappa shape index (κ2) is 6.94. The molecular formula is C14H21NO2. The lowest BCUT2D eigenvalue weighted by molar-refractivity contribution is -0.121. The molecule has 0 bridgehead atoms. The van der Waals surface area contributed by atoms with Crippen LogP contribution in [0.3, 0.4) is 0 Å². The fraction of sp³-hybridized carbons (Fsp3) is 0.500. The zero-order valence-electron chi connectivity index (χ0n) is 10.8. The Labute approximate surface area is 103 Å². The van der Waals surface area contributed by atoms with Gasteiger partial charge in [-0.3, -0.25) is 4.79 Å². The van der Waals surface area contributed by atoms with Crippen LogP contribution in [0.15, 0.2) is 24.3 Å². The second-order valence-electron chi connectivity index (χ2n) is 4.55. The zero-order chi connectivity index (χ0) is 12.7. The summed E-state index contributed by atoms with van der Waals surface area (Å²) in [7, 11) is 1.65. The van der Waals surface area contributed by atoms with Gasteiger partial charge in [-0.25, -0.2) is 0 Å². The van der Waals surface area contributed by atoms with E-state index >= 15 is 0 Å². The van der Waals surface area contributed by atoms with Crippen molar-refractivity contribution in [1.29, 1.82) is 0 Å². The average Bonchev–Trinajstić information content (AvgIpc) is 2.29. The number of hydrogen-bond acceptors (Lipinski definition) is 2. The molecule has 1 N–H and O–H groups in total. The Morgan fingerprint density at radius 2 is 1.94 bits per heavy atom. The van der Waals surface area contributed by atoms with Gasteiger partial charge in [-0.05, 0) is 30.0 Å². The predicted octanol–water partition coefficient (Wildman–Crippen LogP) is 2.40. The fourth-order valence-electron chi connectivity index (χ4n) is 1.58. The molecule has 0 atom stereocenters. The van der Waals surface area contributed by atoms with Gasteiger partial charge in [0.05, 0.1) is 7.11 Å². The summed E-state index contributed by atoms with van der Waals surface area (Å²) < 4.78 is 5.09. The van der Waals surface area contributed by atoms with Crippen LogP contribution in [0.5, 0.6) is 5.75 Å². The maximum Gasteiger partial charge on any atom is 0.220 e. The smallest absolute Gasteiger partial charge is 0.220 e. The largest absolute Gasteiger partial charge is 0.497 e. The number of carbonyl (C=O) groups excluding carboxylic acids is 1. The fourth-order valence-corrected chi connectivity index (χ4v) is 1.58. The normalized spacial score (nSPS) is 10.4. The minimum absolute atomic E-state index is 0.133. The van der Waals surface area contributed by atoms with Crippen molar-refractivity contribution in [2.24, 2.45) is 5.92 Å². The quantitative estimate of drug-likeness (QED) is 0.822. The molecule has 0 aliphatic heterocycles. The van der Waals surface area contributed by atoms with Crippen molar-refractivity contribution < 1.29 is 9.53 Å². The highest BCUT2D eigenvalue weighted by molar-refractivity contribution is 5.76. The summed E-state index contributed by atoms with van der Waals surface area (Å²) in [5, 5.41) is 2.92. The maximum absolute atomic E-state index is 11.4. The molecule has 1 aromatic rings. The number of hydrogen-bond donors (Lipinski definition) is 1. The van der Waals surface area contributed by atoms with Crippen LogP contribution in [0.25, 0.3) is 0 Å². The van der Waals surface area contributed by atoms with Crippen LogP contribution >= 0.6 is 0 Å². The molecule has 3 heteroatoms. The molecule has 17 heavy (non-hydrogen) atoms. The first kappa shape index (κ1) is 13.6. The summed E-state index contributed by atoms with van der Waals surface area (Å²) in [6.07, 6.45) is 1.45. The van der Waals surface area contributed by atoms with E-state index in [0.29, 0.717) is 18.9 Å². The molecule has 1 rings (SSSR count). The first-order chi connectivity index (χ1) is 8.11. The minimum Gasteiger partial charge on any atom is -0.497 e. The minimum atomic E-state index is 0.133. The highest BCUT2D eigenvalue weighted by Crippen LogP contribution is 2.11. The van der Waals surface area contributed by atoms with E-state index in [1.165, 1.54) is 5.56 Å². The summed E-state index contributed by atoms with van der Waals surface area (Å²) in [5.41, 5.74) is 1.20. The Hall–Kier alpha value is -1.51. The van der Waals surface area contributed by atoms with Gasteiger partial charge in [0.15, 0.2) is 0 Å². The summed E-state index contributed by atoms with van der Waals surface area (Å²) in [6.45, 7) is 4.78. The molecule has 0 aromatic heterocycles. The van der Waals surface area contributed by atoms with Gasteiger partial charge in [0.1, 0.15) is 5.75 Å². The molecule has 0 aliphatic carbocycles. The first-order valence-corrected chi connectivity index (χ1v) is 6.01. The van der Waals surface area contributed by atoms with E-state index in [1.807, 2.05) is 38.1 Å². The Bertz CT molecular complexity index is 344. The number of ether oxygens (including phenoxy) is 1. The summed E-state index contributed by atoms with van der Waals surface area (Å²) >= 11 is 0. The summed E-state index contributed by atoms with van der Waals surface area (Å²) in [6, 6.07) is 7.91. The van der Waals surface area contributed by atoms with Gasteiger partial charge in [-0.15, -0.1) is 0 Å². The van der Waals surface area contributed by atoms with Crippen molar-refractivity contribution in [3.05, 3.63) is 29.8 Å². The van der Waals surface area contributed by atoms with Crippen molar-refractivity contribution in [1.82, 2.24) is 5.32 Å². The van der Waals surface area contributed by atoms with Crippen LogP contribution < -0.4 is 10.1 Å². The number of carbonyl (C=O) groups is 1. The molecule has 0 fully saturated rings. The van der Waals surface area contributed by atoms with E-state index in [-0.39, 0.29) is 5.91 Å². The van der Waals surface area contributed by atoms with Crippen LogP contribution in [0.1, 0.15) is 25.8 Å². The van der Waals surface area contributed by atoms with Crippen molar-refractivity contribution in [3.8, 4) is 5.75 Å². The first-order valence-electron chi connectivity index (χ1n) is 6.01. The lowest BCUT2D eigenvalue weighted by Crippen LogP contribution is -2.26. The Morgan fingerprint density at radius 1 is 1.29 bits per heavy atom. The topological polar surface area (TPSA) is 38.3 Å². The van der Waals surface area contributed by atoms with Crippen LogP contribution in [-0.4, -0.2) is 19.6 Å². The van der Waals surface area contributed by atoms with E-state index < -0.39 is 0 Å². The lowest BCUT2D eigenvalue weighted by atomic mass is 10.1. The molecule has 0 radical (unpaired) electrons. The van der Waals surface area contributed by atoms with E-state index in [1.54, 1.807) is 7.11 Å². The number of methoxy groups -OCH3 is 1. The molecule has 1 amide bonds. The van der Waals surface area contributed by atoms with E-state index in [9.17, 15) is 4.79 Å². The number of amides is 1. The van der Waals surface area contributed by atoms with Gasteiger partial charge in [0.2, 0.25) is 5.91 Å². The molecule has 0 spiro atoms. The number of benzene rings is 1. The molecule has 94 valence electrons. The van der Waals surface area contributed by atoms with Crippen LogP contribution in [0.4, 0.5) is 0 Å². The molecule has 0 saturated carbocycles. The van der Waals surface area contributed by atoms with Gasteiger partial charge < -0.3 is 10.1 Å². The molecule has 0 unspecified atom stereocenters. The van der Waals surface area contributed by atoms with Gasteiger partial charge in [-0.1, -0.05) is 26.0 Å². The second-order valence-corrected chi connectivity index (χ2v) is 4.55. The van der Waals surface area contributed by atoms with Crippen LogP contribution in [0, 0.1) is 5.92 Å². The molecular weight excluding hydrogens is 214 g/mol. The van der Waals surface area contributed by atoms with Crippen molar-refractivity contribution >= 4 is 5.91 Å². The average molecular weight is 235 g/mol. The van der Waals surface area contributed by atoms with E-state index in [4.69, 9.17) is 4.74 Å². The highest BCUT2D eigenvalue weighted by atomic mass is 16.5. The van der Waals surface area contributed by atoms with Crippen molar-refractivity contribution in [2.45, 2.75) is 26.7 Å². The Kier molecular flexibility index (Phi) is 5.53. The lowest BCUT2D eigenvalue weighted by Gasteiger charge is -2.07. The third kappa shape index (κ3) is 5.38. The monoisotopic (exact) mass is 235 g/mol. The molecule has 0 saturated heterocycles. The van der Waals surface area contributed by atoms with Gasteiger partial charge in [-0.2, -0.15) is 0 Å². The third-order valence-electron chi connectivity index (χ3n) is 2.49. The Balaban J connectivity index is 2.28. The molecule has 1 aromatic carbocycles. The van der Waals surface area contributed by atoms with E-state index in [2.05, 4.69) is 5.32 Å². The highest BCUT2D eigenvalue weighted by Gasteiger charge is 2.03. The predicted molar refractivity (Wildman–Crippen MR) is 69.2 cm³/mol. The summed E-state index contributed by atoms with van der Waals surface area (Å²) in [5.74, 6) is 1.40. The Morgan fingerprint density at radius 3 is 2.47 bits per heavy atom. The SMILES string of the molecule is COc1ccc(CCNC(=O)CC(C)C)cc1. The van der Waals surface area contributed by atoms with Gasteiger partial charge in [0, 0.05) is 13.0 Å². The van der Waals surface area contributed by atoms with Crippen molar-refractivity contribution in [2.75, 3.05) is 13.7 Å². The maximum atomic E-state index is 11.4. The van der Waals surface area contributed by atoms with Crippen LogP contribution in [0.2, 0.25) is 0 Å². The van der Waals surface area contributed by atoms with E-state index in [0.717, 1.165) is 12.2 Å². The van der Waals surface area contributed by atoms with Crippen molar-refractivity contribution in [3.63, 3.8) is 0 Å². The molecule has 0 aliphatic rings. The van der Waals surface area contributed by atoms with Crippen LogP contribution in [-0.2, 0) is 11.2 Å². The molecule has 0 heterocycles. The standard InChI is InChI=1S/C14H21NO2/c1-11(2)10-14(16)15-9-8-12-4-6-13(17-3)7-5-12/h4-7,11H,8-10H2,1-3H3,(H,15,16). The summed E-state index contributed by atoms with van der Waals surface area (Å²) in [4.78, 5) is 11.4. The zero-order valence-corrected chi connectivity index (χ0v) is 10.8. The number of nitrogens with one attached hydrogen (secondary N) is 1. The molecule has 3 nitrogen and oxygen atoms in total. The van der Waals surface area contributed by atoms with Gasteiger partial charge in [0.25, 0.3) is 0 Å². The number of rotatable bonds is 6.